The number of fused-ring (bicyclic) bond motifs is 1. The van der Waals surface area contributed by atoms with Gasteiger partial charge in [-0.3, -0.25) is 4.79 Å². The molecule has 0 aromatic heterocycles. The van der Waals surface area contributed by atoms with E-state index in [1.165, 1.54) is 23.3 Å². The SMILES string of the molecule is COc1ccc(-c2ccccc2)c(C(=O)N(Cc2ccc(F)c(F)c2)C2Cc3ccccc3C2)c1. The third kappa shape index (κ3) is 4.67. The van der Waals surface area contributed by atoms with Crippen LogP contribution in [0.2, 0.25) is 0 Å². The molecule has 4 aromatic rings. The summed E-state index contributed by atoms with van der Waals surface area (Å²) in [5.41, 5.74) is 5.17. The number of methoxy groups -OCH3 is 1. The number of halogens is 2. The standard InChI is InChI=1S/C30H25F2NO2/c1-35-25-12-13-26(21-7-3-2-4-8-21)27(18-25)30(34)33(19-20-11-14-28(31)29(32)15-20)24-16-22-9-5-6-10-23(22)17-24/h2-15,18,24H,16-17,19H2,1H3. The molecule has 3 nitrogen and oxygen atoms in total. The molecule has 4 aromatic carbocycles. The fraction of sp³-hybridized carbons (Fsp3) is 0.167. The second kappa shape index (κ2) is 9.71. The molecule has 5 rings (SSSR count). The number of hydrogen-bond donors (Lipinski definition) is 0. The van der Waals surface area contributed by atoms with E-state index < -0.39 is 11.6 Å². The normalized spacial score (nSPS) is 12.9. The van der Waals surface area contributed by atoms with Crippen molar-refractivity contribution in [2.75, 3.05) is 7.11 Å². The maximum atomic E-state index is 14.2. The van der Waals surface area contributed by atoms with Gasteiger partial charge < -0.3 is 9.64 Å². The average molecular weight is 470 g/mol. The van der Waals surface area contributed by atoms with Crippen LogP contribution in [0, 0.1) is 11.6 Å². The Kier molecular flexibility index (Phi) is 6.32. The van der Waals surface area contributed by atoms with Crippen LogP contribution in [-0.2, 0) is 19.4 Å². The van der Waals surface area contributed by atoms with Crippen molar-refractivity contribution < 1.29 is 18.3 Å². The quantitative estimate of drug-likeness (QED) is 0.325. The average Bonchev–Trinajstić information content (AvgIpc) is 3.33. The van der Waals surface area contributed by atoms with Crippen molar-refractivity contribution in [2.45, 2.75) is 25.4 Å². The molecule has 0 heterocycles. The van der Waals surface area contributed by atoms with Crippen LogP contribution < -0.4 is 4.74 Å². The zero-order valence-corrected chi connectivity index (χ0v) is 19.4. The van der Waals surface area contributed by atoms with Gasteiger partial charge >= 0.3 is 0 Å². The molecule has 0 fully saturated rings. The van der Waals surface area contributed by atoms with Crippen molar-refractivity contribution in [3.05, 3.63) is 125 Å². The van der Waals surface area contributed by atoms with E-state index in [2.05, 4.69) is 12.1 Å². The minimum Gasteiger partial charge on any atom is -0.497 e. The summed E-state index contributed by atoms with van der Waals surface area (Å²) in [5.74, 6) is -1.42. The van der Waals surface area contributed by atoms with Crippen LogP contribution in [0.15, 0.2) is 91.0 Å². The molecule has 35 heavy (non-hydrogen) atoms. The van der Waals surface area contributed by atoms with E-state index in [1.807, 2.05) is 54.6 Å². The zero-order chi connectivity index (χ0) is 24.4. The van der Waals surface area contributed by atoms with E-state index in [4.69, 9.17) is 4.74 Å². The lowest BCUT2D eigenvalue weighted by atomic mass is 9.97. The summed E-state index contributed by atoms with van der Waals surface area (Å²) < 4.78 is 33.1. The molecule has 5 heteroatoms. The molecule has 1 amide bonds. The third-order valence-corrected chi connectivity index (χ3v) is 6.61. The molecular weight excluding hydrogens is 444 g/mol. The van der Waals surface area contributed by atoms with Gasteiger partial charge in [0.2, 0.25) is 0 Å². The first-order chi connectivity index (χ1) is 17.0. The summed E-state index contributed by atoms with van der Waals surface area (Å²) in [5, 5.41) is 0. The summed E-state index contributed by atoms with van der Waals surface area (Å²) >= 11 is 0. The van der Waals surface area contributed by atoms with Crippen molar-refractivity contribution in [3.8, 4) is 16.9 Å². The smallest absolute Gasteiger partial charge is 0.255 e. The van der Waals surface area contributed by atoms with E-state index in [-0.39, 0.29) is 18.5 Å². The Labute approximate surface area is 203 Å². The molecule has 176 valence electrons. The number of benzene rings is 4. The first-order valence-corrected chi connectivity index (χ1v) is 11.6. The Morgan fingerprint density at radius 1 is 0.857 bits per heavy atom. The number of rotatable bonds is 6. The number of amides is 1. The lowest BCUT2D eigenvalue weighted by molar-refractivity contribution is 0.0668. The van der Waals surface area contributed by atoms with Crippen LogP contribution in [0.1, 0.15) is 27.0 Å². The molecule has 0 bridgehead atoms. The molecule has 0 radical (unpaired) electrons. The zero-order valence-electron chi connectivity index (χ0n) is 19.4. The van der Waals surface area contributed by atoms with Gasteiger partial charge in [-0.15, -0.1) is 0 Å². The van der Waals surface area contributed by atoms with Crippen LogP contribution in [-0.4, -0.2) is 24.0 Å². The van der Waals surface area contributed by atoms with Gasteiger partial charge in [0.15, 0.2) is 11.6 Å². The maximum Gasteiger partial charge on any atom is 0.255 e. The van der Waals surface area contributed by atoms with Crippen molar-refractivity contribution in [1.82, 2.24) is 4.90 Å². The lowest BCUT2D eigenvalue weighted by Gasteiger charge is -2.30. The number of nitrogens with zero attached hydrogens (tertiary/aromatic N) is 1. The molecule has 0 N–H and O–H groups in total. The summed E-state index contributed by atoms with van der Waals surface area (Å²) in [6, 6.07) is 27.1. The van der Waals surface area contributed by atoms with Crippen molar-refractivity contribution in [2.24, 2.45) is 0 Å². The van der Waals surface area contributed by atoms with Crippen molar-refractivity contribution in [1.29, 1.82) is 0 Å². The third-order valence-electron chi connectivity index (χ3n) is 6.61. The first kappa shape index (κ1) is 22.8. The van der Waals surface area contributed by atoms with Crippen molar-refractivity contribution in [3.63, 3.8) is 0 Å². The minimum atomic E-state index is -0.920. The number of hydrogen-bond acceptors (Lipinski definition) is 2. The highest BCUT2D eigenvalue weighted by atomic mass is 19.2. The Bertz CT molecular complexity index is 1350. The van der Waals surface area contributed by atoms with E-state index in [0.717, 1.165) is 17.2 Å². The van der Waals surface area contributed by atoms with E-state index >= 15 is 0 Å². The fourth-order valence-electron chi connectivity index (χ4n) is 4.81. The topological polar surface area (TPSA) is 29.5 Å². The Morgan fingerprint density at radius 3 is 2.20 bits per heavy atom. The first-order valence-electron chi connectivity index (χ1n) is 11.6. The molecule has 1 aliphatic carbocycles. The highest BCUT2D eigenvalue weighted by Crippen LogP contribution is 2.32. The highest BCUT2D eigenvalue weighted by molar-refractivity contribution is 6.01. The molecule has 0 atom stereocenters. The Hall–Kier alpha value is -3.99. The molecule has 1 aliphatic rings. The second-order valence-electron chi connectivity index (χ2n) is 8.79. The van der Waals surface area contributed by atoms with Gasteiger partial charge in [-0.1, -0.05) is 60.7 Å². The van der Waals surface area contributed by atoms with Crippen LogP contribution in [0.25, 0.3) is 11.1 Å². The monoisotopic (exact) mass is 469 g/mol. The number of carbonyl (C=O) groups is 1. The Morgan fingerprint density at radius 2 is 1.54 bits per heavy atom. The Balaban J connectivity index is 1.57. The summed E-state index contributed by atoms with van der Waals surface area (Å²) in [7, 11) is 1.57. The number of ether oxygens (including phenoxy) is 1. The molecule has 0 saturated heterocycles. The van der Waals surface area contributed by atoms with Gasteiger partial charge in [0.05, 0.1) is 12.7 Å². The number of carbonyl (C=O) groups excluding carboxylic acids is 1. The predicted octanol–water partition coefficient (Wildman–Crippen LogP) is 6.45. The van der Waals surface area contributed by atoms with E-state index in [0.29, 0.717) is 29.7 Å². The second-order valence-corrected chi connectivity index (χ2v) is 8.79. The maximum absolute atomic E-state index is 14.2. The van der Waals surface area contributed by atoms with Crippen LogP contribution in [0.3, 0.4) is 0 Å². The van der Waals surface area contributed by atoms with Crippen LogP contribution in [0.5, 0.6) is 5.75 Å². The van der Waals surface area contributed by atoms with Gasteiger partial charge in [-0.2, -0.15) is 0 Å². The van der Waals surface area contributed by atoms with Gasteiger partial charge in [0.25, 0.3) is 5.91 Å². The highest BCUT2D eigenvalue weighted by Gasteiger charge is 2.32. The lowest BCUT2D eigenvalue weighted by Crippen LogP contribution is -2.40. The van der Waals surface area contributed by atoms with E-state index in [1.54, 1.807) is 18.1 Å². The van der Waals surface area contributed by atoms with Crippen LogP contribution >= 0.6 is 0 Å². The molecule has 0 aliphatic heterocycles. The van der Waals surface area contributed by atoms with Gasteiger partial charge in [0, 0.05) is 12.6 Å². The predicted molar refractivity (Wildman–Crippen MR) is 132 cm³/mol. The van der Waals surface area contributed by atoms with Gasteiger partial charge in [-0.05, 0) is 71.0 Å². The largest absolute Gasteiger partial charge is 0.497 e. The molecule has 0 saturated carbocycles. The minimum absolute atomic E-state index is 0.108. The van der Waals surface area contributed by atoms with Gasteiger partial charge in [-0.25, -0.2) is 8.78 Å². The fourth-order valence-corrected chi connectivity index (χ4v) is 4.81. The van der Waals surface area contributed by atoms with Crippen molar-refractivity contribution >= 4 is 5.91 Å². The van der Waals surface area contributed by atoms with E-state index in [9.17, 15) is 13.6 Å². The summed E-state index contributed by atoms with van der Waals surface area (Å²) in [6.45, 7) is 0.167. The molecule has 0 spiro atoms. The summed E-state index contributed by atoms with van der Waals surface area (Å²) in [6.07, 6.45) is 1.41. The molecule has 0 unspecified atom stereocenters. The molecular formula is C30H25F2NO2. The summed E-state index contributed by atoms with van der Waals surface area (Å²) in [4.78, 5) is 16.0. The van der Waals surface area contributed by atoms with Gasteiger partial charge in [0.1, 0.15) is 5.75 Å². The van der Waals surface area contributed by atoms with Crippen LogP contribution in [0.4, 0.5) is 8.78 Å².